The van der Waals surface area contributed by atoms with Gasteiger partial charge in [0.05, 0.1) is 33.0 Å². The van der Waals surface area contributed by atoms with Gasteiger partial charge in [-0.05, 0) is 39.7 Å². The summed E-state index contributed by atoms with van der Waals surface area (Å²) in [6.07, 6.45) is 2.58. The molecule has 0 bridgehead atoms. The number of nitrogens with one attached hydrogen (secondary N) is 3. The fourth-order valence-electron chi connectivity index (χ4n) is 2.45. The van der Waals surface area contributed by atoms with Gasteiger partial charge in [0.1, 0.15) is 5.94 Å². The summed E-state index contributed by atoms with van der Waals surface area (Å²) in [6.45, 7) is 18.5. The highest BCUT2D eigenvalue weighted by Gasteiger charge is 2.19. The molecule has 198 valence electrons. The van der Waals surface area contributed by atoms with Gasteiger partial charge in [-0.3, -0.25) is 0 Å². The van der Waals surface area contributed by atoms with Crippen LogP contribution in [-0.4, -0.2) is 88.1 Å². The molecule has 0 aromatic heterocycles. The smallest absolute Gasteiger partial charge is 0.407 e. The van der Waals surface area contributed by atoms with E-state index in [1.165, 1.54) is 0 Å². The Morgan fingerprint density at radius 2 is 1.42 bits per heavy atom. The van der Waals surface area contributed by atoms with Gasteiger partial charge in [-0.25, -0.2) is 4.79 Å². The van der Waals surface area contributed by atoms with Gasteiger partial charge >= 0.3 is 6.09 Å². The van der Waals surface area contributed by atoms with Crippen LogP contribution in [0.5, 0.6) is 0 Å². The van der Waals surface area contributed by atoms with Crippen molar-refractivity contribution in [1.82, 2.24) is 16.0 Å². The second-order valence-corrected chi connectivity index (χ2v) is 11.9. The zero-order chi connectivity index (χ0) is 24.8. The molecule has 0 unspecified atom stereocenters. The second-order valence-electron chi connectivity index (χ2n) is 8.95. The largest absolute Gasteiger partial charge is 0.450 e. The summed E-state index contributed by atoms with van der Waals surface area (Å²) >= 11 is 0. The van der Waals surface area contributed by atoms with E-state index < -0.39 is 6.09 Å². The van der Waals surface area contributed by atoms with Crippen LogP contribution in [0.1, 0.15) is 60.8 Å². The minimum absolute atomic E-state index is 0.00327. The normalized spacial score (nSPS) is 12.0. The Hall–Kier alpha value is -0.230. The molecule has 0 aromatic carbocycles. The maximum Gasteiger partial charge on any atom is 0.407 e. The molecule has 33 heavy (non-hydrogen) atoms. The number of ether oxygens (including phenoxy) is 4. The number of rotatable bonds is 23. The molecule has 0 heterocycles. The maximum absolute atomic E-state index is 11.8. The van der Waals surface area contributed by atoms with Crippen LogP contribution in [0.15, 0.2) is 0 Å². The minimum Gasteiger partial charge on any atom is -0.450 e. The van der Waals surface area contributed by atoms with E-state index in [-0.39, 0.29) is 4.75 Å². The van der Waals surface area contributed by atoms with E-state index in [0.29, 0.717) is 57.6 Å². The van der Waals surface area contributed by atoms with Gasteiger partial charge in [0.2, 0.25) is 0 Å². The third-order valence-electron chi connectivity index (χ3n) is 4.31. The van der Waals surface area contributed by atoms with E-state index in [2.05, 4.69) is 57.5 Å². The average molecular weight is 512 g/mol. The molecule has 0 radical (unpaired) electrons. The molecule has 0 rings (SSSR count). The van der Waals surface area contributed by atoms with Crippen LogP contribution in [-0.2, 0) is 18.9 Å². The maximum atomic E-state index is 11.8. The quantitative estimate of drug-likeness (QED) is 0.107. The van der Waals surface area contributed by atoms with Crippen LogP contribution in [0.3, 0.4) is 0 Å². The van der Waals surface area contributed by atoms with Crippen LogP contribution in [0.2, 0.25) is 0 Å². The summed E-state index contributed by atoms with van der Waals surface area (Å²) in [4.78, 5) is 11.8. The second kappa shape index (κ2) is 22.2. The van der Waals surface area contributed by atoms with Crippen molar-refractivity contribution < 1.29 is 23.7 Å². The van der Waals surface area contributed by atoms with Crippen LogP contribution in [0.4, 0.5) is 4.79 Å². The number of carbonyl (C=O) groups is 1. The Balaban J connectivity index is 3.47. The Labute approximate surface area is 210 Å². The van der Waals surface area contributed by atoms with E-state index in [9.17, 15) is 4.79 Å². The number of unbranched alkanes of at least 4 members (excludes halogenated alkanes) is 1. The van der Waals surface area contributed by atoms with E-state index >= 15 is 0 Å². The zero-order valence-corrected chi connectivity index (χ0v) is 23.3. The summed E-state index contributed by atoms with van der Waals surface area (Å²) < 4.78 is 21.8. The van der Waals surface area contributed by atoms with Gasteiger partial charge in [0.25, 0.3) is 0 Å². The topological polar surface area (TPSA) is 90.1 Å². The molecule has 0 saturated heterocycles. The molecule has 10 heteroatoms. The Bertz CT molecular complexity index is 458. The van der Waals surface area contributed by atoms with Gasteiger partial charge in [-0.2, -0.15) is 0 Å². The molecule has 1 amide bonds. The van der Waals surface area contributed by atoms with Crippen molar-refractivity contribution in [2.24, 2.45) is 0 Å². The van der Waals surface area contributed by atoms with Crippen molar-refractivity contribution in [2.75, 3.05) is 65.2 Å². The van der Waals surface area contributed by atoms with Crippen molar-refractivity contribution in [3.63, 3.8) is 0 Å². The lowest BCUT2D eigenvalue weighted by Gasteiger charge is -2.22. The van der Waals surface area contributed by atoms with Gasteiger partial charge in [0.15, 0.2) is 0 Å². The third kappa shape index (κ3) is 26.2. The molecule has 8 nitrogen and oxygen atoms in total. The molecule has 0 aliphatic carbocycles. The lowest BCUT2D eigenvalue weighted by Crippen LogP contribution is -2.30. The lowest BCUT2D eigenvalue weighted by atomic mass is 10.1. The minimum atomic E-state index is -0.404. The molecule has 0 saturated carbocycles. The van der Waals surface area contributed by atoms with Crippen molar-refractivity contribution >= 4 is 27.7 Å². The monoisotopic (exact) mass is 511 g/mol. The summed E-state index contributed by atoms with van der Waals surface area (Å²) in [5, 5.41) is 9.40. The van der Waals surface area contributed by atoms with Crippen LogP contribution < -0.4 is 16.0 Å². The Morgan fingerprint density at radius 3 is 2.09 bits per heavy atom. The zero-order valence-electron chi connectivity index (χ0n) is 21.7. The number of amides is 1. The molecule has 0 aliphatic heterocycles. The van der Waals surface area contributed by atoms with Gasteiger partial charge in [-0.1, -0.05) is 49.3 Å². The van der Waals surface area contributed by atoms with Crippen molar-refractivity contribution in [3.8, 4) is 0 Å². The third-order valence-corrected chi connectivity index (χ3v) is 7.34. The predicted octanol–water partition coefficient (Wildman–Crippen LogP) is 4.05. The molecule has 0 fully saturated rings. The summed E-state index contributed by atoms with van der Waals surface area (Å²) in [6, 6.07) is 1.01. The van der Waals surface area contributed by atoms with Gasteiger partial charge in [-0.15, -0.1) is 0 Å². The van der Waals surface area contributed by atoms with E-state index in [1.54, 1.807) is 21.6 Å². The van der Waals surface area contributed by atoms with Crippen LogP contribution >= 0.6 is 21.6 Å². The lowest BCUT2D eigenvalue weighted by molar-refractivity contribution is 0.0489. The molecule has 3 N–H and O–H groups in total. The van der Waals surface area contributed by atoms with Crippen LogP contribution in [0.25, 0.3) is 0 Å². The molecule has 0 spiro atoms. The number of alkyl carbamates (subject to hydrolysis) is 1. The highest BCUT2D eigenvalue weighted by molar-refractivity contribution is 8.77. The van der Waals surface area contributed by atoms with Crippen molar-refractivity contribution in [2.45, 2.75) is 77.6 Å². The van der Waals surface area contributed by atoms with Crippen molar-refractivity contribution in [3.05, 3.63) is 0 Å². The molecule has 0 aliphatic rings. The molecule has 0 aromatic rings. The van der Waals surface area contributed by atoms with Gasteiger partial charge < -0.3 is 34.9 Å². The first kappa shape index (κ1) is 32.8. The fourth-order valence-corrected chi connectivity index (χ4v) is 4.72. The first-order valence-electron chi connectivity index (χ1n) is 12.1. The van der Waals surface area contributed by atoms with E-state index in [1.807, 2.05) is 0 Å². The number of carbonyl (C=O) groups excluding carboxylic acids is 1. The summed E-state index contributed by atoms with van der Waals surface area (Å²) in [7, 11) is 3.48. The van der Waals surface area contributed by atoms with E-state index in [4.69, 9.17) is 18.9 Å². The Morgan fingerprint density at radius 1 is 0.788 bits per heavy atom. The van der Waals surface area contributed by atoms with Gasteiger partial charge in [0, 0.05) is 36.5 Å². The van der Waals surface area contributed by atoms with Crippen LogP contribution in [0, 0.1) is 0 Å². The molecular formula is C23H49N3O5S2. The number of hydrogen-bond donors (Lipinski definition) is 3. The first-order chi connectivity index (χ1) is 15.7. The molecular weight excluding hydrogens is 462 g/mol. The highest BCUT2D eigenvalue weighted by Crippen LogP contribution is 2.37. The summed E-state index contributed by atoms with van der Waals surface area (Å²) in [5.41, 5.74) is 0. The Kier molecular flexibility index (Phi) is 22.1. The first-order valence-corrected chi connectivity index (χ1v) is 14.5. The summed E-state index contributed by atoms with van der Waals surface area (Å²) in [5.74, 6) is 0.674. The average Bonchev–Trinajstić information content (AvgIpc) is 2.73. The predicted molar refractivity (Wildman–Crippen MR) is 141 cm³/mol. The molecule has 0 atom stereocenters. The van der Waals surface area contributed by atoms with E-state index in [0.717, 1.165) is 39.0 Å². The standard InChI is InChI=1S/C23H49N3O5S2/c1-20(2)24-10-7-8-13-30-19-32-33-23(5,6)9-14-31-22(27)26-12-16-29-18-17-28-15-11-25-21(3)4/h20-21,24-25H,7-19H2,1-6H3,(H,26,27). The van der Waals surface area contributed by atoms with Crippen molar-refractivity contribution in [1.29, 1.82) is 0 Å². The highest BCUT2D eigenvalue weighted by atomic mass is 33.1. The number of hydrogen-bond acceptors (Lipinski definition) is 9. The SMILES string of the molecule is CC(C)NCCCCOCSSC(C)(C)CCOC(=O)NCCOCCOCCNC(C)C. The fraction of sp³-hybridized carbons (Fsp3) is 0.957.